The second-order valence-electron chi connectivity index (χ2n) is 9.74. The maximum absolute atomic E-state index is 5.15. The molecule has 0 amide bonds. The lowest BCUT2D eigenvalue weighted by molar-refractivity contribution is 1.24. The Bertz CT molecular complexity index is 2070. The Balaban J connectivity index is 1.33. The summed E-state index contributed by atoms with van der Waals surface area (Å²) >= 11 is 0. The summed E-state index contributed by atoms with van der Waals surface area (Å²) < 4.78 is 2.29. The van der Waals surface area contributed by atoms with E-state index < -0.39 is 0 Å². The minimum Gasteiger partial charge on any atom is -0.291 e. The van der Waals surface area contributed by atoms with Crippen molar-refractivity contribution in [3.8, 4) is 22.3 Å². The number of hydrogen-bond donors (Lipinski definition) is 0. The third kappa shape index (κ3) is 2.20. The van der Waals surface area contributed by atoms with Gasteiger partial charge in [-0.15, -0.1) is 0 Å². The molecule has 0 N–H and O–H groups in total. The molecule has 2 aliphatic rings. The lowest BCUT2D eigenvalue weighted by atomic mass is 9.98. The van der Waals surface area contributed by atoms with Gasteiger partial charge in [0.1, 0.15) is 5.65 Å². The SMILES string of the molecule is c1ccc2c(c1)Cc1cc3c(cc1-2)Cc1cc2c(cc1-3)nc1c3cccnc3c3cnccc3n21. The zero-order valence-corrected chi connectivity index (χ0v) is 18.8. The largest absolute Gasteiger partial charge is 0.291 e. The molecule has 0 fully saturated rings. The first-order valence-electron chi connectivity index (χ1n) is 12.0. The van der Waals surface area contributed by atoms with Crippen LogP contribution in [0.2, 0.25) is 0 Å². The summed E-state index contributed by atoms with van der Waals surface area (Å²) in [6.07, 6.45) is 7.58. The van der Waals surface area contributed by atoms with Crippen LogP contribution in [0.25, 0.3) is 60.7 Å². The fourth-order valence-electron chi connectivity index (χ4n) is 6.38. The van der Waals surface area contributed by atoms with Crippen molar-refractivity contribution >= 4 is 38.5 Å². The van der Waals surface area contributed by atoms with E-state index in [4.69, 9.17) is 4.98 Å². The van der Waals surface area contributed by atoms with E-state index in [9.17, 15) is 0 Å². The monoisotopic (exact) mass is 446 g/mol. The van der Waals surface area contributed by atoms with E-state index in [2.05, 4.69) is 75.0 Å². The normalized spacial score (nSPS) is 13.5. The molecule has 4 aromatic heterocycles. The Morgan fingerprint density at radius 3 is 2.37 bits per heavy atom. The van der Waals surface area contributed by atoms with Gasteiger partial charge in [0.15, 0.2) is 0 Å². The second-order valence-corrected chi connectivity index (χ2v) is 9.74. The fraction of sp³-hybridized carbons (Fsp3) is 0.0645. The molecule has 0 spiro atoms. The molecule has 35 heavy (non-hydrogen) atoms. The summed E-state index contributed by atoms with van der Waals surface area (Å²) in [7, 11) is 0. The molecule has 0 atom stereocenters. The number of hydrogen-bond acceptors (Lipinski definition) is 3. The summed E-state index contributed by atoms with van der Waals surface area (Å²) in [5.41, 5.74) is 16.3. The van der Waals surface area contributed by atoms with Crippen LogP contribution in [0, 0.1) is 0 Å². The number of pyridine rings is 3. The third-order valence-electron chi connectivity index (χ3n) is 7.91. The predicted molar refractivity (Wildman–Crippen MR) is 140 cm³/mol. The minimum absolute atomic E-state index is 0.950. The lowest BCUT2D eigenvalue weighted by Crippen LogP contribution is -1.93. The van der Waals surface area contributed by atoms with Gasteiger partial charge in [0.2, 0.25) is 0 Å². The van der Waals surface area contributed by atoms with Crippen LogP contribution in [0.15, 0.2) is 85.3 Å². The lowest BCUT2D eigenvalue weighted by Gasteiger charge is -2.08. The number of benzene rings is 3. The van der Waals surface area contributed by atoms with Crippen molar-refractivity contribution in [2.24, 2.45) is 0 Å². The molecular formula is C31H18N4. The van der Waals surface area contributed by atoms with Gasteiger partial charge >= 0.3 is 0 Å². The van der Waals surface area contributed by atoms with Gasteiger partial charge in [-0.1, -0.05) is 24.3 Å². The van der Waals surface area contributed by atoms with Crippen LogP contribution in [-0.2, 0) is 12.8 Å². The first kappa shape index (κ1) is 17.8. The molecule has 0 saturated carbocycles. The molecular weight excluding hydrogens is 428 g/mol. The Kier molecular flexibility index (Phi) is 3.11. The number of nitrogens with zero attached hydrogens (tertiary/aromatic N) is 4. The van der Waals surface area contributed by atoms with E-state index in [1.165, 1.54) is 44.5 Å². The number of fused-ring (bicyclic) bond motifs is 14. The average molecular weight is 447 g/mol. The molecule has 0 aliphatic heterocycles. The standard InChI is InChI=1S/C31H18N4/c1-2-5-21-17(4-1)10-18-13-24-19(12-23(18)21)11-20-14-29-27(15-25(20)24)34-31-22-6-3-8-33-30(22)26-16-32-9-7-28(26)35(29)31/h1-9,12-16H,10-11H2. The first-order valence-corrected chi connectivity index (χ1v) is 12.0. The highest BCUT2D eigenvalue weighted by molar-refractivity contribution is 6.12. The van der Waals surface area contributed by atoms with Gasteiger partial charge in [-0.25, -0.2) is 4.98 Å². The van der Waals surface area contributed by atoms with Gasteiger partial charge in [0.05, 0.1) is 22.1 Å². The highest BCUT2D eigenvalue weighted by Crippen LogP contribution is 2.46. The molecule has 0 radical (unpaired) electrons. The number of imidazole rings is 1. The summed E-state index contributed by atoms with van der Waals surface area (Å²) in [6, 6.07) is 24.5. The minimum atomic E-state index is 0.950. The Morgan fingerprint density at radius 1 is 0.629 bits per heavy atom. The molecule has 3 aromatic carbocycles. The van der Waals surface area contributed by atoms with Crippen LogP contribution >= 0.6 is 0 Å². The van der Waals surface area contributed by atoms with Crippen LogP contribution in [0.5, 0.6) is 0 Å². The highest BCUT2D eigenvalue weighted by atomic mass is 15.0. The summed E-state index contributed by atoms with van der Waals surface area (Å²) in [5.74, 6) is 0. The van der Waals surface area contributed by atoms with E-state index >= 15 is 0 Å². The van der Waals surface area contributed by atoms with Crippen molar-refractivity contribution in [3.05, 3.63) is 108 Å². The molecule has 9 rings (SSSR count). The maximum atomic E-state index is 5.15. The molecule has 0 saturated heterocycles. The van der Waals surface area contributed by atoms with Crippen LogP contribution < -0.4 is 0 Å². The number of rotatable bonds is 0. The van der Waals surface area contributed by atoms with E-state index in [1.807, 2.05) is 24.7 Å². The van der Waals surface area contributed by atoms with Gasteiger partial charge in [-0.2, -0.15) is 0 Å². The van der Waals surface area contributed by atoms with Crippen molar-refractivity contribution in [1.29, 1.82) is 0 Å². The molecule has 4 nitrogen and oxygen atoms in total. The molecule has 0 bridgehead atoms. The zero-order chi connectivity index (χ0) is 22.7. The molecule has 4 heterocycles. The van der Waals surface area contributed by atoms with Gasteiger partial charge in [0.25, 0.3) is 0 Å². The molecule has 4 heteroatoms. The van der Waals surface area contributed by atoms with E-state index in [1.54, 1.807) is 0 Å². The summed E-state index contributed by atoms with van der Waals surface area (Å²) in [4.78, 5) is 14.2. The first-order chi connectivity index (χ1) is 17.3. The van der Waals surface area contributed by atoms with Gasteiger partial charge < -0.3 is 0 Å². The molecule has 0 unspecified atom stereocenters. The van der Waals surface area contributed by atoms with E-state index in [0.29, 0.717) is 0 Å². The van der Waals surface area contributed by atoms with Crippen molar-refractivity contribution < 1.29 is 0 Å². The van der Waals surface area contributed by atoms with E-state index in [-0.39, 0.29) is 0 Å². The Morgan fingerprint density at radius 2 is 1.43 bits per heavy atom. The Labute approximate surface area is 200 Å². The molecule has 7 aromatic rings. The van der Waals surface area contributed by atoms with Crippen LogP contribution in [-0.4, -0.2) is 19.4 Å². The van der Waals surface area contributed by atoms with Crippen molar-refractivity contribution in [1.82, 2.24) is 19.4 Å². The fourth-order valence-corrected chi connectivity index (χ4v) is 6.38. The van der Waals surface area contributed by atoms with Crippen molar-refractivity contribution in [3.63, 3.8) is 0 Å². The topological polar surface area (TPSA) is 43.1 Å². The molecule has 2 aliphatic carbocycles. The second kappa shape index (κ2) is 6.10. The van der Waals surface area contributed by atoms with E-state index in [0.717, 1.165) is 51.3 Å². The highest BCUT2D eigenvalue weighted by Gasteiger charge is 2.26. The van der Waals surface area contributed by atoms with Crippen molar-refractivity contribution in [2.75, 3.05) is 0 Å². The quantitative estimate of drug-likeness (QED) is 0.243. The smallest absolute Gasteiger partial charge is 0.147 e. The third-order valence-corrected chi connectivity index (χ3v) is 7.91. The van der Waals surface area contributed by atoms with Gasteiger partial charge in [-0.05, 0) is 99.8 Å². The van der Waals surface area contributed by atoms with Gasteiger partial charge in [0, 0.05) is 29.4 Å². The summed E-state index contributed by atoms with van der Waals surface area (Å²) in [6.45, 7) is 0. The van der Waals surface area contributed by atoms with Crippen LogP contribution in [0.1, 0.15) is 22.3 Å². The molecule has 162 valence electrons. The Hall–Kier alpha value is -4.57. The number of aromatic nitrogens is 4. The van der Waals surface area contributed by atoms with Crippen LogP contribution in [0.3, 0.4) is 0 Å². The van der Waals surface area contributed by atoms with Crippen LogP contribution in [0.4, 0.5) is 0 Å². The zero-order valence-electron chi connectivity index (χ0n) is 18.8. The average Bonchev–Trinajstić information content (AvgIpc) is 3.57. The van der Waals surface area contributed by atoms with Gasteiger partial charge in [-0.3, -0.25) is 14.4 Å². The summed E-state index contributed by atoms with van der Waals surface area (Å²) in [5, 5.41) is 2.11. The predicted octanol–water partition coefficient (Wildman–Crippen LogP) is 6.73. The van der Waals surface area contributed by atoms with Crippen molar-refractivity contribution in [2.45, 2.75) is 12.8 Å². The maximum Gasteiger partial charge on any atom is 0.147 e.